The van der Waals surface area contributed by atoms with Crippen LogP contribution in [0.2, 0.25) is 0 Å². The lowest BCUT2D eigenvalue weighted by molar-refractivity contribution is -0.142. The Kier molecular flexibility index (Phi) is 7.45. The van der Waals surface area contributed by atoms with Crippen molar-refractivity contribution in [1.29, 1.82) is 0 Å². The van der Waals surface area contributed by atoms with Crippen molar-refractivity contribution in [2.24, 2.45) is 5.11 Å². The molecule has 8 nitrogen and oxygen atoms in total. The lowest BCUT2D eigenvalue weighted by Crippen LogP contribution is -2.42. The molecule has 0 heterocycles. The SMILES string of the molecule is [N-]=[N+]=NCCCC[C@H](NC(C(=O)O)c1ccccc1)C(=O)O. The smallest absolute Gasteiger partial charge is 0.325 e. The maximum absolute atomic E-state index is 11.4. The van der Waals surface area contributed by atoms with Gasteiger partial charge in [0.05, 0.1) is 0 Å². The summed E-state index contributed by atoms with van der Waals surface area (Å²) in [7, 11) is 0. The summed E-state index contributed by atoms with van der Waals surface area (Å²) in [4.78, 5) is 25.2. The minimum Gasteiger partial charge on any atom is -0.480 e. The molecule has 0 saturated carbocycles. The minimum absolute atomic E-state index is 0.257. The second-order valence-electron chi connectivity index (χ2n) is 4.69. The lowest BCUT2D eigenvalue weighted by Gasteiger charge is -2.20. The summed E-state index contributed by atoms with van der Waals surface area (Å²) in [6.07, 6.45) is 1.33. The van der Waals surface area contributed by atoms with Crippen LogP contribution in [-0.4, -0.2) is 34.7 Å². The number of rotatable bonds is 10. The number of hydrogen-bond acceptors (Lipinski definition) is 4. The molecule has 0 fully saturated rings. The molecule has 2 atom stereocenters. The molecule has 1 rings (SSSR count). The third kappa shape index (κ3) is 5.82. The molecule has 0 saturated heterocycles. The fourth-order valence-electron chi connectivity index (χ4n) is 2.01. The molecule has 0 aliphatic carbocycles. The van der Waals surface area contributed by atoms with E-state index < -0.39 is 24.0 Å². The number of hydrogen-bond donors (Lipinski definition) is 3. The van der Waals surface area contributed by atoms with Crippen molar-refractivity contribution < 1.29 is 19.8 Å². The van der Waals surface area contributed by atoms with E-state index in [0.29, 0.717) is 24.9 Å². The first-order chi connectivity index (χ1) is 10.6. The third-order valence-electron chi connectivity index (χ3n) is 3.11. The van der Waals surface area contributed by atoms with Crippen LogP contribution in [0, 0.1) is 0 Å². The average Bonchev–Trinajstić information content (AvgIpc) is 2.50. The van der Waals surface area contributed by atoms with Crippen LogP contribution in [0.5, 0.6) is 0 Å². The normalized spacial score (nSPS) is 12.9. The molecule has 1 aromatic rings. The highest BCUT2D eigenvalue weighted by Gasteiger charge is 2.26. The summed E-state index contributed by atoms with van der Waals surface area (Å²) >= 11 is 0. The number of nitrogens with zero attached hydrogens (tertiary/aromatic N) is 3. The van der Waals surface area contributed by atoms with E-state index in [9.17, 15) is 19.8 Å². The standard InChI is InChI=1S/C14H18N4O4/c15-18-16-9-5-4-8-11(13(19)20)17-12(14(21)22)10-6-2-1-3-7-10/h1-3,6-7,11-12,17H,4-5,8-9H2,(H,19,20)(H,21,22)/t11-,12?/m0/s1. The molecular weight excluding hydrogens is 288 g/mol. The number of carboxylic acids is 2. The van der Waals surface area contributed by atoms with Gasteiger partial charge in [-0.1, -0.05) is 41.9 Å². The number of carboxylic acid groups (broad SMARTS) is 2. The molecular formula is C14H18N4O4. The quantitative estimate of drug-likeness (QED) is 0.264. The molecule has 0 aliphatic rings. The predicted octanol–water partition coefficient (Wildman–Crippen LogP) is 2.34. The van der Waals surface area contributed by atoms with Crippen LogP contribution in [0.1, 0.15) is 30.9 Å². The fraction of sp³-hybridized carbons (Fsp3) is 0.429. The first-order valence-electron chi connectivity index (χ1n) is 6.83. The molecule has 8 heteroatoms. The van der Waals surface area contributed by atoms with E-state index in [1.807, 2.05) is 0 Å². The fourth-order valence-corrected chi connectivity index (χ4v) is 2.01. The van der Waals surface area contributed by atoms with Crippen molar-refractivity contribution in [3.63, 3.8) is 0 Å². The molecule has 0 radical (unpaired) electrons. The molecule has 0 aliphatic heterocycles. The van der Waals surface area contributed by atoms with E-state index in [2.05, 4.69) is 15.3 Å². The molecule has 0 bridgehead atoms. The van der Waals surface area contributed by atoms with Crippen molar-refractivity contribution in [3.05, 3.63) is 46.3 Å². The van der Waals surface area contributed by atoms with Crippen molar-refractivity contribution in [2.75, 3.05) is 6.54 Å². The first-order valence-corrected chi connectivity index (χ1v) is 6.83. The Morgan fingerprint density at radius 2 is 1.86 bits per heavy atom. The van der Waals surface area contributed by atoms with Crippen molar-refractivity contribution in [1.82, 2.24) is 5.32 Å². The van der Waals surface area contributed by atoms with Crippen LogP contribution in [0.4, 0.5) is 0 Å². The van der Waals surface area contributed by atoms with Crippen LogP contribution in [0.3, 0.4) is 0 Å². The largest absolute Gasteiger partial charge is 0.480 e. The van der Waals surface area contributed by atoms with Gasteiger partial charge in [0.25, 0.3) is 0 Å². The van der Waals surface area contributed by atoms with Gasteiger partial charge in [0.2, 0.25) is 0 Å². The van der Waals surface area contributed by atoms with Gasteiger partial charge in [-0.05, 0) is 23.9 Å². The first kappa shape index (κ1) is 17.5. The van der Waals surface area contributed by atoms with Crippen LogP contribution in [-0.2, 0) is 9.59 Å². The van der Waals surface area contributed by atoms with E-state index in [0.717, 1.165) is 0 Å². The number of nitrogens with one attached hydrogen (secondary N) is 1. The van der Waals surface area contributed by atoms with Crippen molar-refractivity contribution >= 4 is 11.9 Å². The molecule has 118 valence electrons. The van der Waals surface area contributed by atoms with Gasteiger partial charge in [-0.2, -0.15) is 0 Å². The Hall–Kier alpha value is -2.57. The van der Waals surface area contributed by atoms with Crippen LogP contribution in [0.15, 0.2) is 35.4 Å². The molecule has 3 N–H and O–H groups in total. The molecule has 0 aromatic heterocycles. The van der Waals surface area contributed by atoms with Gasteiger partial charge in [0.15, 0.2) is 0 Å². The average molecular weight is 306 g/mol. The Balaban J connectivity index is 2.68. The second kappa shape index (κ2) is 9.38. The molecule has 22 heavy (non-hydrogen) atoms. The zero-order chi connectivity index (χ0) is 16.4. The van der Waals surface area contributed by atoms with E-state index in [1.54, 1.807) is 30.3 Å². The van der Waals surface area contributed by atoms with Gasteiger partial charge < -0.3 is 10.2 Å². The Morgan fingerprint density at radius 1 is 1.18 bits per heavy atom. The highest BCUT2D eigenvalue weighted by molar-refractivity contribution is 5.78. The van der Waals surface area contributed by atoms with Gasteiger partial charge in [0, 0.05) is 11.5 Å². The third-order valence-corrected chi connectivity index (χ3v) is 3.11. The maximum Gasteiger partial charge on any atom is 0.325 e. The zero-order valence-corrected chi connectivity index (χ0v) is 11.9. The topological polar surface area (TPSA) is 135 Å². The number of benzene rings is 1. The summed E-state index contributed by atoms with van der Waals surface area (Å²) in [5.74, 6) is -2.24. The highest BCUT2D eigenvalue weighted by Crippen LogP contribution is 2.15. The van der Waals surface area contributed by atoms with E-state index >= 15 is 0 Å². The van der Waals surface area contributed by atoms with Crippen LogP contribution in [0.25, 0.3) is 10.4 Å². The molecule has 0 amide bonds. The number of aliphatic carboxylic acids is 2. The summed E-state index contributed by atoms with van der Waals surface area (Å²) < 4.78 is 0. The van der Waals surface area contributed by atoms with E-state index in [4.69, 9.17) is 5.53 Å². The van der Waals surface area contributed by atoms with Gasteiger partial charge in [-0.3, -0.25) is 14.9 Å². The number of carbonyl (C=O) groups is 2. The second-order valence-corrected chi connectivity index (χ2v) is 4.69. The van der Waals surface area contributed by atoms with Crippen LogP contribution < -0.4 is 5.32 Å². The number of azide groups is 1. The van der Waals surface area contributed by atoms with E-state index in [1.165, 1.54) is 0 Å². The highest BCUT2D eigenvalue weighted by atomic mass is 16.4. The Bertz CT molecular complexity index is 543. The summed E-state index contributed by atoms with van der Waals surface area (Å²) in [6, 6.07) is 6.35. The zero-order valence-electron chi connectivity index (χ0n) is 11.9. The van der Waals surface area contributed by atoms with Crippen LogP contribution >= 0.6 is 0 Å². The predicted molar refractivity (Wildman–Crippen MR) is 79.2 cm³/mol. The molecule has 0 spiro atoms. The van der Waals surface area contributed by atoms with Crippen molar-refractivity contribution in [3.8, 4) is 0 Å². The van der Waals surface area contributed by atoms with Crippen molar-refractivity contribution in [2.45, 2.75) is 31.3 Å². The van der Waals surface area contributed by atoms with Gasteiger partial charge in [0.1, 0.15) is 12.1 Å². The Labute approximate surface area is 127 Å². The maximum atomic E-state index is 11.4. The van der Waals surface area contributed by atoms with Gasteiger partial charge in [-0.15, -0.1) is 0 Å². The van der Waals surface area contributed by atoms with Gasteiger partial charge >= 0.3 is 11.9 Å². The molecule has 1 unspecified atom stereocenters. The lowest BCUT2D eigenvalue weighted by atomic mass is 10.0. The summed E-state index contributed by atoms with van der Waals surface area (Å²) in [5, 5.41) is 24.5. The number of unbranched alkanes of at least 4 members (excludes halogenated alkanes) is 1. The summed E-state index contributed by atoms with van der Waals surface area (Å²) in [5.41, 5.74) is 8.65. The van der Waals surface area contributed by atoms with E-state index in [-0.39, 0.29) is 6.42 Å². The Morgan fingerprint density at radius 3 is 2.41 bits per heavy atom. The van der Waals surface area contributed by atoms with Gasteiger partial charge in [-0.25, -0.2) is 0 Å². The molecule has 1 aromatic carbocycles. The monoisotopic (exact) mass is 306 g/mol. The minimum atomic E-state index is -1.13. The summed E-state index contributed by atoms with van der Waals surface area (Å²) in [6.45, 7) is 0.296.